The lowest BCUT2D eigenvalue weighted by atomic mass is 10.2. The minimum atomic E-state index is -0.457. The molecule has 2 rings (SSSR count). The van der Waals surface area contributed by atoms with E-state index in [1.54, 1.807) is 19.9 Å². The van der Waals surface area contributed by atoms with Gasteiger partial charge in [-0.15, -0.1) is 0 Å². The molecule has 0 saturated heterocycles. The average molecular weight is 281 g/mol. The summed E-state index contributed by atoms with van der Waals surface area (Å²) in [6.45, 7) is 3.93. The van der Waals surface area contributed by atoms with Crippen LogP contribution in [0.1, 0.15) is 32.3 Å². The van der Waals surface area contributed by atoms with Gasteiger partial charge in [-0.2, -0.15) is 0 Å². The van der Waals surface area contributed by atoms with Crippen LogP contribution >= 0.6 is 0 Å². The second kappa shape index (κ2) is 6.70. The maximum Gasteiger partial charge on any atom is 0.344 e. The molecular formula is C15H20FNO3. The third-order valence-corrected chi connectivity index (χ3v) is 2.83. The van der Waals surface area contributed by atoms with E-state index in [9.17, 15) is 9.18 Å². The first kappa shape index (κ1) is 14.8. The number of carbonyl (C=O) groups excluding carboxylic acids is 1. The van der Waals surface area contributed by atoms with Crippen LogP contribution < -0.4 is 10.1 Å². The highest BCUT2D eigenvalue weighted by Gasteiger charge is 2.20. The Morgan fingerprint density at radius 3 is 2.80 bits per heavy atom. The summed E-state index contributed by atoms with van der Waals surface area (Å²) in [7, 11) is 0. The van der Waals surface area contributed by atoms with Crippen LogP contribution in [-0.2, 0) is 16.1 Å². The molecule has 0 radical (unpaired) electrons. The van der Waals surface area contributed by atoms with Gasteiger partial charge in [0.1, 0.15) is 11.6 Å². The zero-order valence-corrected chi connectivity index (χ0v) is 11.8. The van der Waals surface area contributed by atoms with Gasteiger partial charge in [0.25, 0.3) is 0 Å². The summed E-state index contributed by atoms with van der Waals surface area (Å²) in [5.41, 5.74) is 0.809. The predicted octanol–water partition coefficient (Wildman–Crippen LogP) is 2.41. The fourth-order valence-corrected chi connectivity index (χ4v) is 1.79. The van der Waals surface area contributed by atoms with Gasteiger partial charge in [0.2, 0.25) is 0 Å². The lowest BCUT2D eigenvalue weighted by Gasteiger charge is -2.11. The van der Waals surface area contributed by atoms with Crippen LogP contribution in [-0.4, -0.2) is 24.7 Å². The molecular weight excluding hydrogens is 261 g/mol. The van der Waals surface area contributed by atoms with Gasteiger partial charge in [-0.25, -0.2) is 9.18 Å². The number of hydrogen-bond acceptors (Lipinski definition) is 4. The van der Waals surface area contributed by atoms with Crippen molar-refractivity contribution in [1.82, 2.24) is 5.32 Å². The van der Waals surface area contributed by atoms with E-state index < -0.39 is 5.97 Å². The van der Waals surface area contributed by atoms with Crippen LogP contribution in [0.4, 0.5) is 4.39 Å². The second-order valence-corrected chi connectivity index (χ2v) is 5.28. The molecule has 1 fully saturated rings. The largest absolute Gasteiger partial charge is 0.482 e. The Morgan fingerprint density at radius 1 is 1.40 bits per heavy atom. The van der Waals surface area contributed by atoms with Gasteiger partial charge in [-0.05, 0) is 44.4 Å². The molecule has 0 atom stereocenters. The van der Waals surface area contributed by atoms with Crippen molar-refractivity contribution in [2.24, 2.45) is 0 Å². The maximum absolute atomic E-state index is 13.5. The summed E-state index contributed by atoms with van der Waals surface area (Å²) < 4.78 is 23.7. The summed E-state index contributed by atoms with van der Waals surface area (Å²) in [5.74, 6) is -0.479. The monoisotopic (exact) mass is 281 g/mol. The van der Waals surface area contributed by atoms with Crippen molar-refractivity contribution in [2.75, 3.05) is 6.61 Å². The van der Waals surface area contributed by atoms with Crippen LogP contribution in [0.15, 0.2) is 18.2 Å². The molecule has 1 aliphatic carbocycles. The quantitative estimate of drug-likeness (QED) is 0.780. The van der Waals surface area contributed by atoms with Crippen molar-refractivity contribution in [1.29, 1.82) is 0 Å². The SMILES string of the molecule is CC(C)OC(=O)COc1cc(F)cc(CNC2CC2)c1. The van der Waals surface area contributed by atoms with E-state index in [-0.39, 0.29) is 18.5 Å². The zero-order valence-electron chi connectivity index (χ0n) is 11.8. The van der Waals surface area contributed by atoms with E-state index in [0.717, 1.165) is 5.56 Å². The number of rotatable bonds is 7. The normalized spacial score (nSPS) is 14.4. The number of halogens is 1. The van der Waals surface area contributed by atoms with Gasteiger partial charge in [-0.1, -0.05) is 0 Å². The molecule has 1 N–H and O–H groups in total. The van der Waals surface area contributed by atoms with Gasteiger partial charge >= 0.3 is 5.97 Å². The Hall–Kier alpha value is -1.62. The molecule has 0 unspecified atom stereocenters. The van der Waals surface area contributed by atoms with Crippen LogP contribution in [0.2, 0.25) is 0 Å². The number of benzene rings is 1. The van der Waals surface area contributed by atoms with Crippen molar-refractivity contribution >= 4 is 5.97 Å². The first-order valence-corrected chi connectivity index (χ1v) is 6.88. The molecule has 110 valence electrons. The van der Waals surface area contributed by atoms with Gasteiger partial charge in [0.15, 0.2) is 6.61 Å². The van der Waals surface area contributed by atoms with Crippen molar-refractivity contribution in [3.8, 4) is 5.75 Å². The average Bonchev–Trinajstić information content (AvgIpc) is 3.16. The first-order valence-electron chi connectivity index (χ1n) is 6.88. The molecule has 0 aromatic heterocycles. The summed E-state index contributed by atoms with van der Waals surface area (Å²) in [4.78, 5) is 11.4. The van der Waals surface area contributed by atoms with Crippen LogP contribution in [0.5, 0.6) is 5.75 Å². The van der Waals surface area contributed by atoms with E-state index >= 15 is 0 Å². The van der Waals surface area contributed by atoms with E-state index in [4.69, 9.17) is 9.47 Å². The molecule has 0 heterocycles. The van der Waals surface area contributed by atoms with Gasteiger partial charge in [0.05, 0.1) is 6.10 Å². The van der Waals surface area contributed by atoms with E-state index in [2.05, 4.69) is 5.32 Å². The molecule has 0 amide bonds. The third-order valence-electron chi connectivity index (χ3n) is 2.83. The molecule has 5 heteroatoms. The molecule has 0 bridgehead atoms. The Labute approximate surface area is 118 Å². The fraction of sp³-hybridized carbons (Fsp3) is 0.533. The topological polar surface area (TPSA) is 47.6 Å². The minimum Gasteiger partial charge on any atom is -0.482 e. The van der Waals surface area contributed by atoms with E-state index in [1.165, 1.54) is 25.0 Å². The molecule has 1 aromatic rings. The van der Waals surface area contributed by atoms with Crippen LogP contribution in [0.3, 0.4) is 0 Å². The van der Waals surface area contributed by atoms with Crippen molar-refractivity contribution in [2.45, 2.75) is 45.4 Å². The number of ether oxygens (including phenoxy) is 2. The van der Waals surface area contributed by atoms with Crippen molar-refractivity contribution in [3.63, 3.8) is 0 Å². The minimum absolute atomic E-state index is 0.183. The predicted molar refractivity (Wildman–Crippen MR) is 73.0 cm³/mol. The Bertz CT molecular complexity index is 472. The molecule has 0 aliphatic heterocycles. The number of hydrogen-bond donors (Lipinski definition) is 1. The molecule has 0 spiro atoms. The number of carbonyl (C=O) groups is 1. The zero-order chi connectivity index (χ0) is 14.5. The lowest BCUT2D eigenvalue weighted by molar-refractivity contribution is -0.149. The van der Waals surface area contributed by atoms with E-state index in [0.29, 0.717) is 18.3 Å². The third kappa shape index (κ3) is 5.17. The standard InChI is InChI=1S/C15H20FNO3/c1-10(2)20-15(18)9-19-14-6-11(5-12(16)7-14)8-17-13-3-4-13/h5-7,10,13,17H,3-4,8-9H2,1-2H3. The van der Waals surface area contributed by atoms with Gasteiger partial charge in [0, 0.05) is 18.7 Å². The fourth-order valence-electron chi connectivity index (χ4n) is 1.79. The lowest BCUT2D eigenvalue weighted by Crippen LogP contribution is -2.19. The van der Waals surface area contributed by atoms with Crippen molar-refractivity contribution in [3.05, 3.63) is 29.6 Å². The Morgan fingerprint density at radius 2 is 2.15 bits per heavy atom. The first-order chi connectivity index (χ1) is 9.52. The summed E-state index contributed by atoms with van der Waals surface area (Å²) in [5, 5.41) is 3.30. The highest BCUT2D eigenvalue weighted by Crippen LogP contribution is 2.21. The summed E-state index contributed by atoms with van der Waals surface area (Å²) >= 11 is 0. The van der Waals surface area contributed by atoms with Gasteiger partial charge < -0.3 is 14.8 Å². The maximum atomic E-state index is 13.5. The molecule has 1 aliphatic rings. The molecule has 20 heavy (non-hydrogen) atoms. The molecule has 1 saturated carbocycles. The smallest absolute Gasteiger partial charge is 0.344 e. The summed E-state index contributed by atoms with van der Waals surface area (Å²) in [6.07, 6.45) is 2.18. The highest BCUT2D eigenvalue weighted by atomic mass is 19.1. The van der Waals surface area contributed by atoms with E-state index in [1.807, 2.05) is 0 Å². The number of nitrogens with one attached hydrogen (secondary N) is 1. The van der Waals surface area contributed by atoms with Crippen molar-refractivity contribution < 1.29 is 18.7 Å². The number of esters is 1. The van der Waals surface area contributed by atoms with Gasteiger partial charge in [-0.3, -0.25) is 0 Å². The van der Waals surface area contributed by atoms with Crippen LogP contribution in [0.25, 0.3) is 0 Å². The highest BCUT2D eigenvalue weighted by molar-refractivity contribution is 5.71. The summed E-state index contributed by atoms with van der Waals surface area (Å²) in [6, 6.07) is 5.03. The molecule has 1 aromatic carbocycles. The van der Waals surface area contributed by atoms with Crippen LogP contribution in [0, 0.1) is 5.82 Å². The Kier molecular flexibility index (Phi) is 4.95. The molecule has 4 nitrogen and oxygen atoms in total. The second-order valence-electron chi connectivity index (χ2n) is 5.28. The Balaban J connectivity index is 1.87.